The number of nitrogens with zero attached hydrogens (tertiary/aromatic N) is 2. The number of aromatic nitrogens is 1. The highest BCUT2D eigenvalue weighted by atomic mass is 35.5. The Morgan fingerprint density at radius 3 is 2.73 bits per heavy atom. The van der Waals surface area contributed by atoms with Crippen LogP contribution in [0.2, 0.25) is 10.0 Å². The van der Waals surface area contributed by atoms with Gasteiger partial charge in [0, 0.05) is 10.6 Å². The molecule has 2 aromatic rings. The van der Waals surface area contributed by atoms with E-state index >= 15 is 0 Å². The molecule has 0 saturated heterocycles. The van der Waals surface area contributed by atoms with Gasteiger partial charge in [-0.3, -0.25) is 15.1 Å². The van der Waals surface area contributed by atoms with Gasteiger partial charge in [0.1, 0.15) is 23.9 Å². The monoisotopic (exact) mass is 344 g/mol. The number of pyridine rings is 1. The van der Waals surface area contributed by atoms with Crippen molar-refractivity contribution in [1.29, 1.82) is 0 Å². The fourth-order valence-electron chi connectivity index (χ4n) is 1.89. The van der Waals surface area contributed by atoms with Gasteiger partial charge in [-0.25, -0.2) is 4.39 Å². The molecule has 5 nitrogen and oxygen atoms in total. The van der Waals surface area contributed by atoms with E-state index in [-0.39, 0.29) is 27.0 Å². The van der Waals surface area contributed by atoms with E-state index in [1.54, 1.807) is 13.8 Å². The molecule has 1 aromatic carbocycles. The first-order valence-electron chi connectivity index (χ1n) is 6.22. The minimum Gasteiger partial charge on any atom is -0.484 e. The summed E-state index contributed by atoms with van der Waals surface area (Å²) < 4.78 is 19.2. The molecular formula is C14H11Cl2FN2O3. The molecule has 1 heterocycles. The molecular weight excluding hydrogens is 334 g/mol. The SMILES string of the molecule is Cc1ncc([N+](=O)[O-])cc1OC(C)c1c(Cl)ccc(F)c1Cl. The molecule has 1 unspecified atom stereocenters. The molecule has 0 radical (unpaired) electrons. The Kier molecular flexibility index (Phi) is 4.83. The van der Waals surface area contributed by atoms with E-state index in [0.29, 0.717) is 5.69 Å². The molecule has 0 spiro atoms. The van der Waals surface area contributed by atoms with Crippen LogP contribution in [0.15, 0.2) is 24.4 Å². The van der Waals surface area contributed by atoms with Gasteiger partial charge in [-0.15, -0.1) is 0 Å². The van der Waals surface area contributed by atoms with E-state index in [1.165, 1.54) is 12.1 Å². The van der Waals surface area contributed by atoms with E-state index < -0.39 is 16.8 Å². The molecule has 22 heavy (non-hydrogen) atoms. The second kappa shape index (κ2) is 6.46. The third-order valence-corrected chi connectivity index (χ3v) is 3.74. The molecule has 0 N–H and O–H groups in total. The average Bonchev–Trinajstić information content (AvgIpc) is 2.45. The Labute approximate surface area is 135 Å². The zero-order chi connectivity index (χ0) is 16.4. The van der Waals surface area contributed by atoms with Crippen LogP contribution < -0.4 is 4.74 Å². The van der Waals surface area contributed by atoms with Crippen LogP contribution in [0.1, 0.15) is 24.3 Å². The molecule has 2 rings (SSSR count). The van der Waals surface area contributed by atoms with E-state index in [0.717, 1.165) is 12.3 Å². The third kappa shape index (κ3) is 3.28. The first kappa shape index (κ1) is 16.5. The quantitative estimate of drug-likeness (QED) is 0.450. The Morgan fingerprint density at radius 1 is 1.41 bits per heavy atom. The molecule has 0 fully saturated rings. The highest BCUT2D eigenvalue weighted by Crippen LogP contribution is 2.35. The summed E-state index contributed by atoms with van der Waals surface area (Å²) in [5, 5.41) is 10.9. The summed E-state index contributed by atoms with van der Waals surface area (Å²) in [6.07, 6.45) is 0.424. The minimum atomic E-state index is -0.710. The summed E-state index contributed by atoms with van der Waals surface area (Å²) in [4.78, 5) is 14.1. The molecule has 0 amide bonds. The van der Waals surface area contributed by atoms with Crippen LogP contribution in [0.3, 0.4) is 0 Å². The molecule has 0 aliphatic carbocycles. The molecule has 116 valence electrons. The van der Waals surface area contributed by atoms with E-state index in [1.807, 2.05) is 0 Å². The van der Waals surface area contributed by atoms with Crippen molar-refractivity contribution < 1.29 is 14.1 Å². The van der Waals surface area contributed by atoms with E-state index in [9.17, 15) is 14.5 Å². The van der Waals surface area contributed by atoms with Crippen LogP contribution in [-0.4, -0.2) is 9.91 Å². The van der Waals surface area contributed by atoms with Gasteiger partial charge < -0.3 is 4.74 Å². The number of hydrogen-bond donors (Lipinski definition) is 0. The van der Waals surface area contributed by atoms with Crippen molar-refractivity contribution >= 4 is 28.9 Å². The fraction of sp³-hybridized carbons (Fsp3) is 0.214. The summed E-state index contributed by atoms with van der Waals surface area (Å²) >= 11 is 11.9. The first-order valence-corrected chi connectivity index (χ1v) is 6.98. The molecule has 8 heteroatoms. The first-order chi connectivity index (χ1) is 10.3. The van der Waals surface area contributed by atoms with Crippen LogP contribution in [0, 0.1) is 22.9 Å². The van der Waals surface area contributed by atoms with Gasteiger partial charge in [-0.1, -0.05) is 23.2 Å². The zero-order valence-corrected chi connectivity index (χ0v) is 13.2. The number of rotatable bonds is 4. The largest absolute Gasteiger partial charge is 0.484 e. The van der Waals surface area contributed by atoms with Crippen molar-refractivity contribution in [2.24, 2.45) is 0 Å². The van der Waals surface area contributed by atoms with Gasteiger partial charge >= 0.3 is 0 Å². The van der Waals surface area contributed by atoms with Crippen molar-refractivity contribution in [3.05, 3.63) is 61.6 Å². The van der Waals surface area contributed by atoms with Crippen molar-refractivity contribution in [3.8, 4) is 5.75 Å². The molecule has 0 aliphatic rings. The number of benzene rings is 1. The highest BCUT2D eigenvalue weighted by molar-refractivity contribution is 6.36. The lowest BCUT2D eigenvalue weighted by Gasteiger charge is -2.18. The Morgan fingerprint density at radius 2 is 2.09 bits per heavy atom. The molecule has 0 saturated carbocycles. The maximum atomic E-state index is 13.6. The second-order valence-corrected chi connectivity index (χ2v) is 5.34. The minimum absolute atomic E-state index is 0.143. The lowest BCUT2D eigenvalue weighted by Crippen LogP contribution is -2.07. The van der Waals surface area contributed by atoms with Gasteiger partial charge in [-0.05, 0) is 26.0 Å². The Bertz CT molecular complexity index is 740. The fourth-order valence-corrected chi connectivity index (χ4v) is 2.56. The Balaban J connectivity index is 2.37. The van der Waals surface area contributed by atoms with Gasteiger partial charge in [0.25, 0.3) is 5.69 Å². The van der Waals surface area contributed by atoms with Gasteiger partial charge in [0.05, 0.1) is 21.7 Å². The van der Waals surface area contributed by atoms with Gasteiger partial charge in [0.15, 0.2) is 0 Å². The number of nitro groups is 1. The van der Waals surface area contributed by atoms with E-state index in [2.05, 4.69) is 4.98 Å². The maximum absolute atomic E-state index is 13.6. The van der Waals surface area contributed by atoms with Crippen LogP contribution in [0.25, 0.3) is 0 Å². The smallest absolute Gasteiger partial charge is 0.291 e. The van der Waals surface area contributed by atoms with Crippen LogP contribution in [0.4, 0.5) is 10.1 Å². The number of hydrogen-bond acceptors (Lipinski definition) is 4. The van der Waals surface area contributed by atoms with Crippen molar-refractivity contribution in [1.82, 2.24) is 4.98 Å². The molecule has 0 aliphatic heterocycles. The summed E-state index contributed by atoms with van der Waals surface area (Å²) in [7, 11) is 0. The van der Waals surface area contributed by atoms with E-state index in [4.69, 9.17) is 27.9 Å². The second-order valence-electron chi connectivity index (χ2n) is 4.55. The molecule has 0 bridgehead atoms. The summed E-state index contributed by atoms with van der Waals surface area (Å²) in [5.74, 6) is -0.413. The van der Waals surface area contributed by atoms with Crippen LogP contribution in [-0.2, 0) is 0 Å². The Hall–Kier alpha value is -1.92. The summed E-state index contributed by atoms with van der Waals surface area (Å²) in [5.41, 5.74) is 0.527. The average molecular weight is 345 g/mol. The predicted octanol–water partition coefficient (Wildman–Crippen LogP) is 4.88. The topological polar surface area (TPSA) is 65.3 Å². The van der Waals surface area contributed by atoms with Crippen LogP contribution in [0.5, 0.6) is 5.75 Å². The maximum Gasteiger partial charge on any atom is 0.291 e. The lowest BCUT2D eigenvalue weighted by molar-refractivity contribution is -0.385. The van der Waals surface area contributed by atoms with Crippen molar-refractivity contribution in [2.45, 2.75) is 20.0 Å². The normalized spacial score (nSPS) is 12.0. The van der Waals surface area contributed by atoms with Gasteiger partial charge in [0.2, 0.25) is 0 Å². The third-order valence-electron chi connectivity index (χ3n) is 3.03. The highest BCUT2D eigenvalue weighted by Gasteiger charge is 2.20. The van der Waals surface area contributed by atoms with Crippen molar-refractivity contribution in [3.63, 3.8) is 0 Å². The number of halogens is 3. The van der Waals surface area contributed by atoms with Crippen molar-refractivity contribution in [2.75, 3.05) is 0 Å². The molecule has 1 atom stereocenters. The molecule has 1 aromatic heterocycles. The number of ether oxygens (including phenoxy) is 1. The predicted molar refractivity (Wildman–Crippen MR) is 81.1 cm³/mol. The summed E-state index contributed by atoms with van der Waals surface area (Å²) in [6, 6.07) is 3.78. The summed E-state index contributed by atoms with van der Waals surface area (Å²) in [6.45, 7) is 3.26. The zero-order valence-electron chi connectivity index (χ0n) is 11.6. The lowest BCUT2D eigenvalue weighted by atomic mass is 10.1. The van der Waals surface area contributed by atoms with Crippen LogP contribution >= 0.6 is 23.2 Å². The van der Waals surface area contributed by atoms with Gasteiger partial charge in [-0.2, -0.15) is 0 Å². The standard InChI is InChI=1S/C14H11Cl2FN2O3/c1-7-12(5-9(6-18-7)19(20)21)22-8(2)13-10(15)3-4-11(17)14(13)16/h3-6,8H,1-2H3. The number of aryl methyl sites for hydroxylation is 1.